The minimum absolute atomic E-state index is 0.0703. The summed E-state index contributed by atoms with van der Waals surface area (Å²) in [6.45, 7) is 2.03. The Morgan fingerprint density at radius 1 is 1.11 bits per heavy atom. The molecule has 0 aliphatic carbocycles. The maximum atomic E-state index is 12.6. The van der Waals surface area contributed by atoms with E-state index in [1.54, 1.807) is 67.5 Å². The van der Waals surface area contributed by atoms with Crippen molar-refractivity contribution in [2.45, 2.75) is 25.9 Å². The number of nitrogens with zero attached hydrogens (tertiary/aromatic N) is 1. The number of rotatable bonds is 7. The summed E-state index contributed by atoms with van der Waals surface area (Å²) in [7, 11) is 1.57. The molecule has 0 N–H and O–H groups in total. The molecule has 6 heteroatoms. The van der Waals surface area contributed by atoms with Gasteiger partial charge in [0.2, 0.25) is 11.7 Å². The first-order valence-corrected chi connectivity index (χ1v) is 9.27. The lowest BCUT2D eigenvalue weighted by Gasteiger charge is -2.19. The SMILES string of the molecule is CCC(OC(=O)C1CC(=O)N(c2ccc(OC)cc2)C1)C(=O)c1ccccc1. The molecule has 1 aliphatic rings. The molecule has 2 aromatic rings. The predicted molar refractivity (Wildman–Crippen MR) is 104 cm³/mol. The molecule has 0 bridgehead atoms. The van der Waals surface area contributed by atoms with E-state index in [1.807, 2.05) is 6.07 Å². The molecule has 3 rings (SSSR count). The zero-order chi connectivity index (χ0) is 20.1. The van der Waals surface area contributed by atoms with Gasteiger partial charge in [-0.1, -0.05) is 37.3 Å². The van der Waals surface area contributed by atoms with E-state index >= 15 is 0 Å². The second kappa shape index (κ2) is 8.69. The van der Waals surface area contributed by atoms with E-state index in [0.29, 0.717) is 23.4 Å². The van der Waals surface area contributed by atoms with Gasteiger partial charge in [-0.05, 0) is 30.7 Å². The summed E-state index contributed by atoms with van der Waals surface area (Å²) >= 11 is 0. The van der Waals surface area contributed by atoms with Crippen LogP contribution in [0, 0.1) is 5.92 Å². The molecule has 0 saturated carbocycles. The maximum absolute atomic E-state index is 12.6. The normalized spacial score (nSPS) is 17.3. The number of esters is 1. The van der Waals surface area contributed by atoms with Crippen LogP contribution in [0.3, 0.4) is 0 Å². The van der Waals surface area contributed by atoms with E-state index in [4.69, 9.17) is 9.47 Å². The van der Waals surface area contributed by atoms with E-state index in [0.717, 1.165) is 0 Å². The average molecular weight is 381 g/mol. The van der Waals surface area contributed by atoms with Gasteiger partial charge in [-0.2, -0.15) is 0 Å². The van der Waals surface area contributed by atoms with Crippen molar-refractivity contribution in [3.8, 4) is 5.75 Å². The van der Waals surface area contributed by atoms with E-state index in [1.165, 1.54) is 0 Å². The van der Waals surface area contributed by atoms with Crippen molar-refractivity contribution < 1.29 is 23.9 Å². The van der Waals surface area contributed by atoms with E-state index in [2.05, 4.69) is 0 Å². The number of ether oxygens (including phenoxy) is 2. The fraction of sp³-hybridized carbons (Fsp3) is 0.318. The van der Waals surface area contributed by atoms with Gasteiger partial charge in [0, 0.05) is 24.2 Å². The van der Waals surface area contributed by atoms with Crippen molar-refractivity contribution in [1.82, 2.24) is 0 Å². The van der Waals surface area contributed by atoms with E-state index < -0.39 is 18.0 Å². The number of Topliss-reactive ketones (excluding diaryl/α,β-unsaturated/α-hetero) is 1. The standard InChI is InChI=1S/C22H23NO5/c1-3-19(21(25)15-7-5-4-6-8-15)28-22(26)16-13-20(24)23(14-16)17-9-11-18(27-2)12-10-17/h4-12,16,19H,3,13-14H2,1-2H3. The third-order valence-corrected chi connectivity index (χ3v) is 4.82. The zero-order valence-corrected chi connectivity index (χ0v) is 16.0. The Hall–Kier alpha value is -3.15. The van der Waals surface area contributed by atoms with E-state index in [9.17, 15) is 14.4 Å². The molecule has 1 heterocycles. The summed E-state index contributed by atoms with van der Waals surface area (Å²) in [5, 5.41) is 0. The van der Waals surface area contributed by atoms with Gasteiger partial charge in [-0.25, -0.2) is 0 Å². The van der Waals surface area contributed by atoms with Gasteiger partial charge >= 0.3 is 5.97 Å². The van der Waals surface area contributed by atoms with Crippen LogP contribution < -0.4 is 9.64 Å². The Labute approximate surface area is 164 Å². The Kier molecular flexibility index (Phi) is 6.09. The number of methoxy groups -OCH3 is 1. The van der Waals surface area contributed by atoms with Crippen molar-refractivity contribution in [3.05, 3.63) is 60.2 Å². The van der Waals surface area contributed by atoms with Crippen molar-refractivity contribution in [2.24, 2.45) is 5.92 Å². The van der Waals surface area contributed by atoms with Gasteiger partial charge in [-0.15, -0.1) is 0 Å². The summed E-state index contributed by atoms with van der Waals surface area (Å²) < 4.78 is 10.6. The van der Waals surface area contributed by atoms with Crippen LogP contribution in [-0.2, 0) is 14.3 Å². The molecule has 0 aromatic heterocycles. The Bertz CT molecular complexity index is 847. The molecule has 28 heavy (non-hydrogen) atoms. The number of amides is 1. The highest BCUT2D eigenvalue weighted by molar-refractivity contribution is 6.02. The second-order valence-electron chi connectivity index (χ2n) is 6.67. The highest BCUT2D eigenvalue weighted by Crippen LogP contribution is 2.28. The summed E-state index contributed by atoms with van der Waals surface area (Å²) in [4.78, 5) is 39.1. The van der Waals surface area contributed by atoms with Crippen LogP contribution in [0.2, 0.25) is 0 Å². The number of hydrogen-bond acceptors (Lipinski definition) is 5. The fourth-order valence-electron chi connectivity index (χ4n) is 3.22. The minimum Gasteiger partial charge on any atom is -0.497 e. The van der Waals surface area contributed by atoms with Crippen LogP contribution in [0.25, 0.3) is 0 Å². The van der Waals surface area contributed by atoms with Crippen LogP contribution >= 0.6 is 0 Å². The lowest BCUT2D eigenvalue weighted by atomic mass is 10.0. The molecule has 146 valence electrons. The first-order valence-electron chi connectivity index (χ1n) is 9.27. The first-order chi connectivity index (χ1) is 13.5. The van der Waals surface area contributed by atoms with Crippen LogP contribution in [0.1, 0.15) is 30.1 Å². The molecule has 0 radical (unpaired) electrons. The lowest BCUT2D eigenvalue weighted by Crippen LogP contribution is -2.31. The number of anilines is 1. The van der Waals surface area contributed by atoms with Crippen LogP contribution in [0.5, 0.6) is 5.75 Å². The van der Waals surface area contributed by atoms with Gasteiger partial charge in [-0.3, -0.25) is 14.4 Å². The molecular weight excluding hydrogens is 358 g/mol. The Morgan fingerprint density at radius 3 is 2.39 bits per heavy atom. The fourth-order valence-corrected chi connectivity index (χ4v) is 3.22. The summed E-state index contributed by atoms with van der Waals surface area (Å²) in [5.41, 5.74) is 1.21. The van der Waals surface area contributed by atoms with Gasteiger partial charge in [0.05, 0.1) is 13.0 Å². The smallest absolute Gasteiger partial charge is 0.312 e. The van der Waals surface area contributed by atoms with Crippen molar-refractivity contribution in [3.63, 3.8) is 0 Å². The van der Waals surface area contributed by atoms with Gasteiger partial charge in [0.1, 0.15) is 5.75 Å². The topological polar surface area (TPSA) is 72.9 Å². The average Bonchev–Trinajstić information content (AvgIpc) is 3.13. The molecular formula is C22H23NO5. The molecule has 1 saturated heterocycles. The molecule has 2 atom stereocenters. The molecule has 1 fully saturated rings. The number of benzene rings is 2. The number of hydrogen-bond donors (Lipinski definition) is 0. The third kappa shape index (κ3) is 4.22. The van der Waals surface area contributed by atoms with Crippen LogP contribution in [0.4, 0.5) is 5.69 Å². The van der Waals surface area contributed by atoms with Crippen LogP contribution in [-0.4, -0.2) is 37.4 Å². The monoisotopic (exact) mass is 381 g/mol. The highest BCUT2D eigenvalue weighted by Gasteiger charge is 2.37. The zero-order valence-electron chi connectivity index (χ0n) is 16.0. The number of carbonyl (C=O) groups is 3. The molecule has 2 aromatic carbocycles. The van der Waals surface area contributed by atoms with Crippen LogP contribution in [0.15, 0.2) is 54.6 Å². The summed E-state index contributed by atoms with van der Waals surface area (Å²) in [6.07, 6.45) is -0.400. The molecule has 1 amide bonds. The Balaban J connectivity index is 1.65. The molecule has 0 spiro atoms. The third-order valence-electron chi connectivity index (χ3n) is 4.82. The maximum Gasteiger partial charge on any atom is 0.312 e. The van der Waals surface area contributed by atoms with Crippen molar-refractivity contribution in [2.75, 3.05) is 18.6 Å². The Morgan fingerprint density at radius 2 is 1.79 bits per heavy atom. The predicted octanol–water partition coefficient (Wildman–Crippen LogP) is 3.25. The summed E-state index contributed by atoms with van der Waals surface area (Å²) in [6, 6.07) is 15.8. The quantitative estimate of drug-likeness (QED) is 0.544. The van der Waals surface area contributed by atoms with Gasteiger partial charge < -0.3 is 14.4 Å². The number of carbonyl (C=O) groups excluding carboxylic acids is 3. The minimum atomic E-state index is -0.847. The lowest BCUT2D eigenvalue weighted by molar-refractivity contribution is -0.151. The molecule has 6 nitrogen and oxygen atoms in total. The first kappa shape index (κ1) is 19.6. The van der Waals surface area contributed by atoms with Gasteiger partial charge in [0.25, 0.3) is 0 Å². The molecule has 2 unspecified atom stereocenters. The number of ketones is 1. The molecule has 1 aliphatic heterocycles. The largest absolute Gasteiger partial charge is 0.497 e. The van der Waals surface area contributed by atoms with E-state index in [-0.39, 0.29) is 24.7 Å². The van der Waals surface area contributed by atoms with Gasteiger partial charge in [0.15, 0.2) is 6.10 Å². The highest BCUT2D eigenvalue weighted by atomic mass is 16.5. The van der Waals surface area contributed by atoms with Crippen molar-refractivity contribution in [1.29, 1.82) is 0 Å². The van der Waals surface area contributed by atoms with Crippen molar-refractivity contribution >= 4 is 23.3 Å². The second-order valence-corrected chi connectivity index (χ2v) is 6.67. The summed E-state index contributed by atoms with van der Waals surface area (Å²) in [5.74, 6) is -0.786.